The van der Waals surface area contributed by atoms with Crippen molar-refractivity contribution in [2.24, 2.45) is 5.11 Å². The van der Waals surface area contributed by atoms with Crippen LogP contribution < -0.4 is 5.32 Å². The number of nitrogens with one attached hydrogen (secondary N) is 1. The summed E-state index contributed by atoms with van der Waals surface area (Å²) in [6.07, 6.45) is 1.96. The molecule has 0 bridgehead atoms. The van der Waals surface area contributed by atoms with Crippen molar-refractivity contribution in [3.05, 3.63) is 60.6 Å². The van der Waals surface area contributed by atoms with E-state index in [9.17, 15) is 14.9 Å². The lowest BCUT2D eigenvalue weighted by Gasteiger charge is -2.06. The number of thiophene rings is 1. The highest BCUT2D eigenvalue weighted by Crippen LogP contribution is 2.29. The first-order valence-corrected chi connectivity index (χ1v) is 7.54. The predicted octanol–water partition coefficient (Wildman–Crippen LogP) is 3.99. The Morgan fingerprint density at radius 3 is 2.83 bits per heavy atom. The van der Waals surface area contributed by atoms with Crippen molar-refractivity contribution in [1.29, 1.82) is 0 Å². The highest BCUT2D eigenvalue weighted by atomic mass is 32.1. The molecule has 0 aliphatic heterocycles. The van der Waals surface area contributed by atoms with E-state index in [1.54, 1.807) is 11.3 Å². The van der Waals surface area contributed by atoms with E-state index in [1.165, 1.54) is 18.2 Å². The molecule has 0 saturated carbocycles. The van der Waals surface area contributed by atoms with E-state index in [1.807, 2.05) is 12.1 Å². The summed E-state index contributed by atoms with van der Waals surface area (Å²) in [5, 5.41) is 17.5. The Hall–Kier alpha value is -2.90. The zero-order chi connectivity index (χ0) is 16.7. The van der Waals surface area contributed by atoms with Gasteiger partial charge in [-0.15, -0.1) is 11.3 Å². The van der Waals surface area contributed by atoms with Gasteiger partial charge in [0, 0.05) is 39.4 Å². The Kier molecular flexibility index (Phi) is 5.67. The van der Waals surface area contributed by atoms with Crippen LogP contribution in [0.2, 0.25) is 0 Å². The Labute approximate surface area is 135 Å². The van der Waals surface area contributed by atoms with E-state index in [0.29, 0.717) is 25.1 Å². The number of hydrogen-bond donors (Lipinski definition) is 1. The van der Waals surface area contributed by atoms with E-state index in [0.717, 1.165) is 16.0 Å². The minimum Gasteiger partial charge on any atom is -0.379 e. The summed E-state index contributed by atoms with van der Waals surface area (Å²) in [6.45, 7) is 0.517. The standard InChI is InChI=1S/C14H13N5O3S/c15-18-17-10-1-4-13(14(9-10)19(21)22)16-7-5-11-2-3-12(23-11)6-8-20/h1-4,8-9,16H,5-7H2. The minimum absolute atomic E-state index is 0.136. The molecule has 0 aliphatic carbocycles. The molecule has 0 spiro atoms. The van der Waals surface area contributed by atoms with Gasteiger partial charge in [0.05, 0.1) is 4.92 Å². The van der Waals surface area contributed by atoms with Gasteiger partial charge in [-0.1, -0.05) is 11.2 Å². The molecule has 1 heterocycles. The molecule has 0 radical (unpaired) electrons. The number of carbonyl (C=O) groups is 1. The number of hydrogen-bond acceptors (Lipinski definition) is 6. The predicted molar refractivity (Wildman–Crippen MR) is 88.2 cm³/mol. The first-order chi connectivity index (χ1) is 11.1. The monoisotopic (exact) mass is 331 g/mol. The number of carbonyl (C=O) groups excluding carboxylic acids is 1. The molecule has 2 rings (SSSR count). The average molecular weight is 331 g/mol. The van der Waals surface area contributed by atoms with Crippen LogP contribution in [0, 0.1) is 10.1 Å². The lowest BCUT2D eigenvalue weighted by molar-refractivity contribution is -0.383. The summed E-state index contributed by atoms with van der Waals surface area (Å²) in [5.74, 6) is 0. The number of nitrogens with zero attached hydrogens (tertiary/aromatic N) is 4. The highest BCUT2D eigenvalue weighted by Gasteiger charge is 2.14. The second-order valence-corrected chi connectivity index (χ2v) is 5.82. The molecule has 2 aromatic rings. The number of aldehydes is 1. The second-order valence-electron chi connectivity index (χ2n) is 4.56. The maximum Gasteiger partial charge on any atom is 0.292 e. The largest absolute Gasteiger partial charge is 0.379 e. The van der Waals surface area contributed by atoms with Crippen LogP contribution in [0.25, 0.3) is 10.4 Å². The molecule has 118 valence electrons. The van der Waals surface area contributed by atoms with Crippen molar-refractivity contribution in [2.75, 3.05) is 11.9 Å². The van der Waals surface area contributed by atoms with Gasteiger partial charge in [0.2, 0.25) is 0 Å². The third-order valence-electron chi connectivity index (χ3n) is 3.03. The molecular formula is C14H13N5O3S. The van der Waals surface area contributed by atoms with Crippen LogP contribution in [0.15, 0.2) is 35.4 Å². The van der Waals surface area contributed by atoms with Crippen molar-refractivity contribution in [1.82, 2.24) is 0 Å². The van der Waals surface area contributed by atoms with Crippen molar-refractivity contribution in [2.45, 2.75) is 12.8 Å². The van der Waals surface area contributed by atoms with Crippen LogP contribution in [0.1, 0.15) is 9.75 Å². The van der Waals surface area contributed by atoms with Gasteiger partial charge >= 0.3 is 0 Å². The van der Waals surface area contributed by atoms with Gasteiger partial charge in [-0.25, -0.2) is 0 Å². The van der Waals surface area contributed by atoms with Crippen molar-refractivity contribution in [3.8, 4) is 0 Å². The van der Waals surface area contributed by atoms with Crippen molar-refractivity contribution >= 4 is 34.7 Å². The third-order valence-corrected chi connectivity index (χ3v) is 4.19. The lowest BCUT2D eigenvalue weighted by atomic mass is 10.2. The summed E-state index contributed by atoms with van der Waals surface area (Å²) in [6, 6.07) is 8.13. The molecular weight excluding hydrogens is 318 g/mol. The minimum atomic E-state index is -0.522. The first kappa shape index (κ1) is 16.5. The van der Waals surface area contributed by atoms with Crippen molar-refractivity contribution < 1.29 is 9.72 Å². The number of nitro benzene ring substituents is 1. The Morgan fingerprint density at radius 1 is 1.35 bits per heavy atom. The molecule has 1 aromatic heterocycles. The normalized spacial score (nSPS) is 9.91. The molecule has 9 heteroatoms. The molecule has 0 unspecified atom stereocenters. The van der Waals surface area contributed by atoms with Crippen LogP contribution >= 0.6 is 11.3 Å². The molecule has 0 aliphatic rings. The van der Waals surface area contributed by atoms with Gasteiger partial charge in [0.25, 0.3) is 5.69 Å². The molecule has 0 saturated heterocycles. The number of azide groups is 1. The van der Waals surface area contributed by atoms with Crippen LogP contribution in [0.3, 0.4) is 0 Å². The van der Waals surface area contributed by atoms with Gasteiger partial charge in [-0.3, -0.25) is 10.1 Å². The van der Waals surface area contributed by atoms with E-state index in [2.05, 4.69) is 15.3 Å². The van der Waals surface area contributed by atoms with E-state index < -0.39 is 4.92 Å². The molecule has 8 nitrogen and oxygen atoms in total. The van der Waals surface area contributed by atoms with Gasteiger partial charge in [-0.05, 0) is 30.2 Å². The number of benzene rings is 1. The van der Waals surface area contributed by atoms with Gasteiger partial charge < -0.3 is 10.1 Å². The fraction of sp³-hybridized carbons (Fsp3) is 0.214. The van der Waals surface area contributed by atoms with Crippen LogP contribution in [0.4, 0.5) is 17.1 Å². The number of nitro groups is 1. The van der Waals surface area contributed by atoms with Crippen LogP contribution in [0.5, 0.6) is 0 Å². The topological polar surface area (TPSA) is 121 Å². The molecule has 0 atom stereocenters. The van der Waals surface area contributed by atoms with E-state index in [4.69, 9.17) is 5.53 Å². The SMILES string of the molecule is [N-]=[N+]=Nc1ccc(NCCc2ccc(CC=O)s2)c([N+](=O)[O-])c1. The quantitative estimate of drug-likeness (QED) is 0.196. The maximum absolute atomic E-state index is 11.1. The smallest absolute Gasteiger partial charge is 0.292 e. The Morgan fingerprint density at radius 2 is 2.13 bits per heavy atom. The molecule has 1 N–H and O–H groups in total. The number of anilines is 1. The van der Waals surface area contributed by atoms with E-state index >= 15 is 0 Å². The fourth-order valence-electron chi connectivity index (χ4n) is 2.00. The van der Waals surface area contributed by atoms with Crippen LogP contribution in [-0.4, -0.2) is 17.8 Å². The second kappa shape index (κ2) is 7.92. The van der Waals surface area contributed by atoms with Gasteiger partial charge in [0.15, 0.2) is 0 Å². The zero-order valence-electron chi connectivity index (χ0n) is 12.0. The molecule has 1 aromatic carbocycles. The van der Waals surface area contributed by atoms with Gasteiger partial charge in [0.1, 0.15) is 12.0 Å². The van der Waals surface area contributed by atoms with Crippen molar-refractivity contribution in [3.63, 3.8) is 0 Å². The summed E-state index contributed by atoms with van der Waals surface area (Å²) in [7, 11) is 0. The average Bonchev–Trinajstić information content (AvgIpc) is 2.96. The lowest BCUT2D eigenvalue weighted by Crippen LogP contribution is -2.06. The van der Waals surface area contributed by atoms with Gasteiger partial charge in [-0.2, -0.15) is 0 Å². The Balaban J connectivity index is 2.02. The first-order valence-electron chi connectivity index (χ1n) is 6.72. The summed E-state index contributed by atoms with van der Waals surface area (Å²) >= 11 is 1.55. The number of rotatable bonds is 8. The van der Waals surface area contributed by atoms with Crippen LogP contribution in [-0.2, 0) is 17.6 Å². The summed E-state index contributed by atoms with van der Waals surface area (Å²) in [4.78, 5) is 25.7. The Bertz CT molecular complexity index is 768. The van der Waals surface area contributed by atoms with E-state index in [-0.39, 0.29) is 11.4 Å². The summed E-state index contributed by atoms with van der Waals surface area (Å²) < 4.78 is 0. The summed E-state index contributed by atoms with van der Waals surface area (Å²) in [5.41, 5.74) is 8.81. The fourth-order valence-corrected chi connectivity index (χ4v) is 2.97. The third kappa shape index (κ3) is 4.53. The maximum atomic E-state index is 11.1. The molecule has 0 amide bonds. The molecule has 0 fully saturated rings. The zero-order valence-corrected chi connectivity index (χ0v) is 12.8. The molecule has 23 heavy (non-hydrogen) atoms. The highest BCUT2D eigenvalue weighted by molar-refractivity contribution is 7.12.